The molecule has 0 aliphatic heterocycles. The van der Waals surface area contributed by atoms with E-state index >= 15 is 0 Å². The van der Waals surface area contributed by atoms with Crippen molar-refractivity contribution in [2.75, 3.05) is 11.9 Å². The molecule has 0 radical (unpaired) electrons. The summed E-state index contributed by atoms with van der Waals surface area (Å²) in [5.41, 5.74) is 1.23. The van der Waals surface area contributed by atoms with Crippen LogP contribution < -0.4 is 15.4 Å². The molecule has 0 spiro atoms. The zero-order valence-electron chi connectivity index (χ0n) is 14.7. The summed E-state index contributed by atoms with van der Waals surface area (Å²) in [5, 5.41) is 12.6. The molecule has 138 valence electrons. The highest BCUT2D eigenvalue weighted by Crippen LogP contribution is 2.23. The van der Waals surface area contributed by atoms with Crippen molar-refractivity contribution in [1.82, 2.24) is 10.0 Å². The van der Waals surface area contributed by atoms with E-state index in [0.717, 1.165) is 37.7 Å². The van der Waals surface area contributed by atoms with Gasteiger partial charge in [-0.2, -0.15) is 0 Å². The third kappa shape index (κ3) is 5.82. The van der Waals surface area contributed by atoms with Crippen LogP contribution in [0.1, 0.15) is 44.6 Å². The first-order valence-corrected chi connectivity index (χ1v) is 9.98. The van der Waals surface area contributed by atoms with Crippen LogP contribution in [-0.2, 0) is 14.8 Å². The molecule has 25 heavy (non-hydrogen) atoms. The van der Waals surface area contributed by atoms with E-state index in [9.17, 15) is 13.2 Å². The highest BCUT2D eigenvalue weighted by atomic mass is 32.2. The Morgan fingerprint density at radius 1 is 1.24 bits per heavy atom. The summed E-state index contributed by atoms with van der Waals surface area (Å²) >= 11 is 0. The van der Waals surface area contributed by atoms with Gasteiger partial charge in [-0.1, -0.05) is 25.3 Å². The molecule has 1 amide bonds. The second-order valence-electron chi connectivity index (χ2n) is 6.46. The fraction of sp³-hybridized carbons (Fsp3) is 0.529. The van der Waals surface area contributed by atoms with Gasteiger partial charge in [-0.05, 0) is 44.4 Å². The maximum atomic E-state index is 12.6. The van der Waals surface area contributed by atoms with Crippen molar-refractivity contribution < 1.29 is 13.2 Å². The number of aryl methyl sites for hydroxylation is 1. The lowest BCUT2D eigenvalue weighted by Crippen LogP contribution is -2.36. The molecule has 1 fully saturated rings. The maximum Gasteiger partial charge on any atom is 0.243 e. The van der Waals surface area contributed by atoms with Gasteiger partial charge in [0.05, 0.1) is 17.3 Å². The average Bonchev–Trinajstić information content (AvgIpc) is 2.55. The largest absolute Gasteiger partial charge is 0.365 e. The topological polar surface area (TPSA) is 111 Å². The molecule has 8 heteroatoms. The summed E-state index contributed by atoms with van der Waals surface area (Å²) < 4.78 is 28.0. The molecule has 0 bridgehead atoms. The van der Waals surface area contributed by atoms with Crippen LogP contribution in [0.25, 0.3) is 0 Å². The Hall–Kier alpha value is -1.93. The van der Waals surface area contributed by atoms with Crippen LogP contribution in [0.5, 0.6) is 0 Å². The zero-order valence-corrected chi connectivity index (χ0v) is 15.5. The summed E-state index contributed by atoms with van der Waals surface area (Å²) in [6.45, 7) is 3.31. The fourth-order valence-corrected chi connectivity index (χ4v) is 4.15. The molecule has 0 atom stereocenters. The van der Waals surface area contributed by atoms with Gasteiger partial charge in [0.1, 0.15) is 0 Å². The van der Waals surface area contributed by atoms with E-state index in [2.05, 4.69) is 15.4 Å². The predicted molar refractivity (Wildman–Crippen MR) is 98.4 cm³/mol. The van der Waals surface area contributed by atoms with Crippen LogP contribution in [0.3, 0.4) is 0 Å². The number of hydrogen-bond acceptors (Lipinski definition) is 4. The van der Waals surface area contributed by atoms with Crippen LogP contribution in [0.4, 0.5) is 5.69 Å². The van der Waals surface area contributed by atoms with Crippen LogP contribution >= 0.6 is 0 Å². The number of sulfonamides is 1. The number of benzene rings is 1. The van der Waals surface area contributed by atoms with Gasteiger partial charge in [0.25, 0.3) is 0 Å². The van der Waals surface area contributed by atoms with Crippen molar-refractivity contribution in [3.05, 3.63) is 23.8 Å². The maximum absolute atomic E-state index is 12.6. The SMILES string of the molecule is CC(=N)NCC(=O)Nc1cc(S(=O)(=O)NC2CCCCC2)ccc1C. The molecular formula is C17H26N4O3S. The number of hydrogen-bond donors (Lipinski definition) is 4. The number of nitrogens with one attached hydrogen (secondary N) is 4. The minimum atomic E-state index is -3.61. The Bertz CT molecular complexity index is 740. The van der Waals surface area contributed by atoms with Gasteiger partial charge in [-0.25, -0.2) is 13.1 Å². The molecule has 1 aromatic rings. The molecule has 1 aliphatic carbocycles. The lowest BCUT2D eigenvalue weighted by Gasteiger charge is -2.22. The third-order valence-corrected chi connectivity index (χ3v) is 5.75. The van der Waals surface area contributed by atoms with E-state index in [1.54, 1.807) is 26.0 Å². The van der Waals surface area contributed by atoms with Gasteiger partial charge >= 0.3 is 0 Å². The summed E-state index contributed by atoms with van der Waals surface area (Å²) in [6, 6.07) is 4.70. The first-order chi connectivity index (χ1) is 11.8. The summed E-state index contributed by atoms with van der Waals surface area (Å²) in [7, 11) is -3.61. The number of amidine groups is 1. The van der Waals surface area contributed by atoms with E-state index in [4.69, 9.17) is 5.41 Å². The van der Waals surface area contributed by atoms with Crippen molar-refractivity contribution in [1.29, 1.82) is 5.41 Å². The lowest BCUT2D eigenvalue weighted by molar-refractivity contribution is -0.115. The molecule has 0 heterocycles. The van der Waals surface area contributed by atoms with Crippen molar-refractivity contribution in [2.24, 2.45) is 0 Å². The standard InChI is InChI=1S/C17H26N4O3S/c1-12-8-9-15(10-16(12)20-17(22)11-19-13(2)18)25(23,24)21-14-6-4-3-5-7-14/h8-10,14,21H,3-7,11H2,1-2H3,(H2,18,19)(H,20,22). The van der Waals surface area contributed by atoms with Crippen LogP contribution in [-0.4, -0.2) is 32.7 Å². The Labute approximate surface area is 149 Å². The van der Waals surface area contributed by atoms with Crippen LogP contribution in [0, 0.1) is 12.3 Å². The number of carbonyl (C=O) groups excluding carboxylic acids is 1. The van der Waals surface area contributed by atoms with Gasteiger partial charge < -0.3 is 10.6 Å². The van der Waals surface area contributed by atoms with Gasteiger partial charge in [-0.3, -0.25) is 10.2 Å². The molecule has 4 N–H and O–H groups in total. The van der Waals surface area contributed by atoms with Crippen molar-refractivity contribution in [3.8, 4) is 0 Å². The first-order valence-electron chi connectivity index (χ1n) is 8.50. The number of amides is 1. The number of rotatable bonds is 6. The average molecular weight is 366 g/mol. The van der Waals surface area contributed by atoms with Gasteiger partial charge in [0.15, 0.2) is 0 Å². The minimum Gasteiger partial charge on any atom is -0.365 e. The lowest BCUT2D eigenvalue weighted by atomic mass is 9.96. The molecular weight excluding hydrogens is 340 g/mol. The zero-order chi connectivity index (χ0) is 18.4. The molecule has 0 saturated heterocycles. The molecule has 2 rings (SSSR count). The van der Waals surface area contributed by atoms with Crippen LogP contribution in [0.2, 0.25) is 0 Å². The Kier molecular flexibility index (Phi) is 6.55. The van der Waals surface area contributed by atoms with Gasteiger partial charge in [0, 0.05) is 11.7 Å². The second-order valence-corrected chi connectivity index (χ2v) is 8.17. The highest BCUT2D eigenvalue weighted by Gasteiger charge is 2.22. The minimum absolute atomic E-state index is 0.0159. The number of anilines is 1. The van der Waals surface area contributed by atoms with E-state index in [0.29, 0.717) is 5.69 Å². The van der Waals surface area contributed by atoms with E-state index < -0.39 is 10.0 Å². The van der Waals surface area contributed by atoms with Crippen molar-refractivity contribution in [2.45, 2.75) is 56.9 Å². The Morgan fingerprint density at radius 2 is 1.92 bits per heavy atom. The summed E-state index contributed by atoms with van der Waals surface area (Å²) in [5.74, 6) is -0.135. The molecule has 7 nitrogen and oxygen atoms in total. The Morgan fingerprint density at radius 3 is 2.56 bits per heavy atom. The quantitative estimate of drug-likeness (QED) is 0.456. The van der Waals surface area contributed by atoms with Gasteiger partial charge in [-0.15, -0.1) is 0 Å². The third-order valence-electron chi connectivity index (χ3n) is 4.23. The number of carbonyl (C=O) groups is 1. The fourth-order valence-electron chi connectivity index (χ4n) is 2.82. The summed E-state index contributed by atoms with van der Waals surface area (Å²) in [4.78, 5) is 12.1. The van der Waals surface area contributed by atoms with E-state index in [1.165, 1.54) is 6.07 Å². The van der Waals surface area contributed by atoms with Crippen molar-refractivity contribution in [3.63, 3.8) is 0 Å². The van der Waals surface area contributed by atoms with Gasteiger partial charge in [0.2, 0.25) is 15.9 Å². The summed E-state index contributed by atoms with van der Waals surface area (Å²) in [6.07, 6.45) is 4.97. The van der Waals surface area contributed by atoms with Crippen molar-refractivity contribution >= 4 is 27.5 Å². The highest BCUT2D eigenvalue weighted by molar-refractivity contribution is 7.89. The first kappa shape index (κ1) is 19.4. The molecule has 0 aromatic heterocycles. The predicted octanol–water partition coefficient (Wildman–Crippen LogP) is 2.13. The molecule has 0 unspecified atom stereocenters. The Balaban J connectivity index is 2.11. The normalized spacial score (nSPS) is 15.6. The monoisotopic (exact) mass is 366 g/mol. The molecule has 1 aromatic carbocycles. The smallest absolute Gasteiger partial charge is 0.243 e. The van der Waals surface area contributed by atoms with Crippen LogP contribution in [0.15, 0.2) is 23.1 Å². The molecule has 1 aliphatic rings. The van der Waals surface area contributed by atoms with E-state index in [1.807, 2.05) is 0 Å². The van der Waals surface area contributed by atoms with E-state index in [-0.39, 0.29) is 29.2 Å². The second kappa shape index (κ2) is 8.44. The molecule has 1 saturated carbocycles.